The third-order valence-corrected chi connectivity index (χ3v) is 1.50. The standard InChI is InChI=1S/C2ClF6NS/c3-11-10(1(4,5)6)2(7,8)9. The molecule has 0 aromatic rings. The van der Waals surface area contributed by atoms with Crippen molar-refractivity contribution in [3.63, 3.8) is 0 Å². The van der Waals surface area contributed by atoms with Gasteiger partial charge < -0.3 is 0 Å². The lowest BCUT2D eigenvalue weighted by molar-refractivity contribution is -0.329. The molecule has 0 aliphatic carbocycles. The normalized spacial score (nSPS) is 14.2. The highest BCUT2D eigenvalue weighted by molar-refractivity contribution is 8.19. The Morgan fingerprint density at radius 2 is 1.18 bits per heavy atom. The first-order chi connectivity index (χ1) is 4.69. The average molecular weight is 220 g/mol. The van der Waals surface area contributed by atoms with E-state index in [1.54, 1.807) is 0 Å². The molecule has 11 heavy (non-hydrogen) atoms. The van der Waals surface area contributed by atoms with Crippen molar-refractivity contribution < 1.29 is 26.3 Å². The van der Waals surface area contributed by atoms with Crippen molar-refractivity contribution in [1.82, 2.24) is 4.31 Å². The summed E-state index contributed by atoms with van der Waals surface area (Å²) in [6.07, 6.45) is -11.0. The fraction of sp³-hybridized carbons (Fsp3) is 1.00. The molecule has 0 aliphatic heterocycles. The number of halogens is 7. The highest BCUT2D eigenvalue weighted by Crippen LogP contribution is 2.40. The topological polar surface area (TPSA) is 3.24 Å². The molecule has 0 atom stereocenters. The molecule has 0 saturated carbocycles. The number of hydrogen-bond acceptors (Lipinski definition) is 2. The van der Waals surface area contributed by atoms with Crippen LogP contribution in [-0.2, 0) is 0 Å². The van der Waals surface area contributed by atoms with E-state index in [-0.39, 0.29) is 0 Å². The minimum atomic E-state index is -5.51. The molecule has 0 aromatic carbocycles. The second-order valence-corrected chi connectivity index (χ2v) is 2.22. The molecule has 68 valence electrons. The molecule has 0 amide bonds. The first kappa shape index (κ1) is 11.2. The van der Waals surface area contributed by atoms with Crippen LogP contribution < -0.4 is 0 Å². The van der Waals surface area contributed by atoms with Gasteiger partial charge in [-0.3, -0.25) is 0 Å². The fourth-order valence-electron chi connectivity index (χ4n) is 0.222. The van der Waals surface area contributed by atoms with E-state index < -0.39 is 28.1 Å². The van der Waals surface area contributed by atoms with Crippen molar-refractivity contribution in [2.75, 3.05) is 0 Å². The van der Waals surface area contributed by atoms with Gasteiger partial charge in [0.25, 0.3) is 0 Å². The summed E-state index contributed by atoms with van der Waals surface area (Å²) in [5, 5.41) is 0. The lowest BCUT2D eigenvalue weighted by Crippen LogP contribution is -2.41. The average Bonchev–Trinajstić information content (AvgIpc) is 1.56. The molecule has 0 N–H and O–H groups in total. The SMILES string of the molecule is FC(F)(F)N(SCl)C(F)(F)F. The van der Waals surface area contributed by atoms with E-state index in [4.69, 9.17) is 0 Å². The molecule has 0 aromatic heterocycles. The highest BCUT2D eigenvalue weighted by atomic mass is 35.7. The van der Waals surface area contributed by atoms with Gasteiger partial charge in [-0.1, -0.05) is 0 Å². The molecule has 9 heteroatoms. The Morgan fingerprint density at radius 1 is 0.909 bits per heavy atom. The second kappa shape index (κ2) is 3.28. The molecule has 0 heterocycles. The van der Waals surface area contributed by atoms with E-state index in [0.29, 0.717) is 0 Å². The minimum absolute atomic E-state index is 0.961. The monoisotopic (exact) mass is 219 g/mol. The van der Waals surface area contributed by atoms with Crippen LogP contribution in [0.5, 0.6) is 0 Å². The summed E-state index contributed by atoms with van der Waals surface area (Å²) >= 11 is -0.961. The number of nitrogens with zero attached hydrogens (tertiary/aromatic N) is 1. The Kier molecular flexibility index (Phi) is 3.33. The summed E-state index contributed by atoms with van der Waals surface area (Å²) in [7, 11) is 4.34. The van der Waals surface area contributed by atoms with Gasteiger partial charge in [0.15, 0.2) is 0 Å². The van der Waals surface area contributed by atoms with Crippen LogP contribution in [-0.4, -0.2) is 16.9 Å². The van der Waals surface area contributed by atoms with Crippen molar-refractivity contribution in [2.45, 2.75) is 12.6 Å². The summed E-state index contributed by atoms with van der Waals surface area (Å²) in [4.78, 5) is 0. The van der Waals surface area contributed by atoms with Crippen LogP contribution in [0.3, 0.4) is 0 Å². The second-order valence-electron chi connectivity index (χ2n) is 1.30. The van der Waals surface area contributed by atoms with Gasteiger partial charge in [0.2, 0.25) is 0 Å². The molecule has 0 radical (unpaired) electrons. The van der Waals surface area contributed by atoms with E-state index in [9.17, 15) is 26.3 Å². The zero-order valence-corrected chi connectivity index (χ0v) is 6.07. The predicted molar refractivity (Wildman–Crippen MR) is 27.4 cm³/mol. The van der Waals surface area contributed by atoms with Gasteiger partial charge in [0, 0.05) is 11.2 Å². The molecule has 0 saturated heterocycles. The smallest absolute Gasteiger partial charge is 0.154 e. The quantitative estimate of drug-likeness (QED) is 0.379. The molecular weight excluding hydrogens is 220 g/mol. The van der Waals surface area contributed by atoms with Crippen molar-refractivity contribution >= 4 is 21.8 Å². The van der Waals surface area contributed by atoms with Crippen molar-refractivity contribution in [3.05, 3.63) is 0 Å². The van der Waals surface area contributed by atoms with Gasteiger partial charge in [-0.05, 0) is 15.0 Å². The van der Waals surface area contributed by atoms with Crippen molar-refractivity contribution in [1.29, 1.82) is 0 Å². The summed E-state index contributed by atoms with van der Waals surface area (Å²) in [5.74, 6) is 0. The van der Waals surface area contributed by atoms with E-state index in [1.807, 2.05) is 0 Å². The molecule has 0 spiro atoms. The largest absolute Gasteiger partial charge is 0.477 e. The molecular formula is C2ClF6NS. The van der Waals surface area contributed by atoms with E-state index in [0.717, 1.165) is 0 Å². The summed E-state index contributed by atoms with van der Waals surface area (Å²) in [6, 6.07) is 0. The van der Waals surface area contributed by atoms with Gasteiger partial charge in [-0.2, -0.15) is 26.3 Å². The van der Waals surface area contributed by atoms with Crippen LogP contribution in [0.15, 0.2) is 0 Å². The Bertz CT molecular complexity index is 116. The van der Waals surface area contributed by atoms with Gasteiger partial charge in [-0.25, -0.2) is 0 Å². The van der Waals surface area contributed by atoms with Crippen LogP contribution >= 0.6 is 21.8 Å². The van der Waals surface area contributed by atoms with Gasteiger partial charge in [0.1, 0.15) is 0 Å². The van der Waals surface area contributed by atoms with E-state index in [1.165, 1.54) is 0 Å². The Labute approximate surface area is 65.9 Å². The maximum atomic E-state index is 11.3. The van der Waals surface area contributed by atoms with Gasteiger partial charge in [0.05, 0.1) is 0 Å². The Balaban J connectivity index is 4.43. The number of hydrogen-bond donors (Lipinski definition) is 0. The third kappa shape index (κ3) is 3.39. The zero-order chi connectivity index (χ0) is 9.28. The summed E-state index contributed by atoms with van der Waals surface area (Å²) in [6.45, 7) is 0. The molecule has 0 bridgehead atoms. The molecule has 0 fully saturated rings. The molecule has 1 nitrogen and oxygen atoms in total. The Morgan fingerprint density at radius 3 is 1.18 bits per heavy atom. The van der Waals surface area contributed by atoms with Crippen LogP contribution in [0.1, 0.15) is 0 Å². The lowest BCUT2D eigenvalue weighted by Gasteiger charge is -2.21. The van der Waals surface area contributed by atoms with Crippen LogP contribution in [0.2, 0.25) is 0 Å². The maximum Gasteiger partial charge on any atom is 0.477 e. The summed E-state index contributed by atoms with van der Waals surface area (Å²) < 4.78 is 66.1. The number of alkyl halides is 6. The number of rotatable bonds is 1. The van der Waals surface area contributed by atoms with Crippen LogP contribution in [0.25, 0.3) is 0 Å². The van der Waals surface area contributed by atoms with Crippen molar-refractivity contribution in [2.24, 2.45) is 0 Å². The third-order valence-electron chi connectivity index (χ3n) is 0.530. The minimum Gasteiger partial charge on any atom is -0.154 e. The lowest BCUT2D eigenvalue weighted by atomic mass is 11.0. The van der Waals surface area contributed by atoms with E-state index in [2.05, 4.69) is 10.7 Å². The molecule has 0 rings (SSSR count). The maximum absolute atomic E-state index is 11.3. The van der Waals surface area contributed by atoms with Gasteiger partial charge >= 0.3 is 12.6 Å². The fourth-order valence-corrected chi connectivity index (χ4v) is 0.848. The Hall–Kier alpha value is 0.180. The first-order valence-electron chi connectivity index (χ1n) is 1.92. The molecule has 0 unspecified atom stereocenters. The highest BCUT2D eigenvalue weighted by Gasteiger charge is 2.54. The van der Waals surface area contributed by atoms with E-state index >= 15 is 0 Å². The van der Waals surface area contributed by atoms with Crippen LogP contribution in [0.4, 0.5) is 26.3 Å². The first-order valence-corrected chi connectivity index (χ1v) is 3.52. The van der Waals surface area contributed by atoms with Crippen LogP contribution in [0, 0.1) is 0 Å². The zero-order valence-electron chi connectivity index (χ0n) is 4.50. The summed E-state index contributed by atoms with van der Waals surface area (Å²) in [5.41, 5.74) is 0. The van der Waals surface area contributed by atoms with Crippen molar-refractivity contribution in [3.8, 4) is 0 Å². The predicted octanol–water partition coefficient (Wildman–Crippen LogP) is 3.13. The molecule has 0 aliphatic rings. The van der Waals surface area contributed by atoms with Gasteiger partial charge in [-0.15, -0.1) is 0 Å².